The Labute approximate surface area is 308 Å². The van der Waals surface area contributed by atoms with Gasteiger partial charge in [0.2, 0.25) is 0 Å². The number of aromatic nitrogens is 4. The molecule has 0 saturated carbocycles. The number of methoxy groups -OCH3 is 1. The molecule has 11 heteroatoms. The van der Waals surface area contributed by atoms with Crippen LogP contribution in [0.25, 0.3) is 44.6 Å². The van der Waals surface area contributed by atoms with Crippen LogP contribution in [0.2, 0.25) is 5.15 Å². The van der Waals surface area contributed by atoms with E-state index in [1.807, 2.05) is 111 Å². The number of fused-ring (bicyclic) bond motifs is 2. The number of halogens is 1. The molecule has 2 atom stereocenters. The van der Waals surface area contributed by atoms with Gasteiger partial charge in [0.05, 0.1) is 18.1 Å². The summed E-state index contributed by atoms with van der Waals surface area (Å²) in [4.78, 5) is 45.3. The molecule has 0 spiro atoms. The lowest BCUT2D eigenvalue weighted by Gasteiger charge is -2.27. The van der Waals surface area contributed by atoms with Crippen LogP contribution in [0.4, 0.5) is 10.6 Å². The molecule has 0 unspecified atom stereocenters. The van der Waals surface area contributed by atoms with E-state index in [1.165, 1.54) is 12.0 Å². The fraction of sp³-hybridized carbons (Fsp3) is 0.268. The van der Waals surface area contributed by atoms with Crippen molar-refractivity contribution in [2.24, 2.45) is 0 Å². The normalized spacial score (nSPS) is 15.6. The molecular formula is C41H41ClN6O4. The standard InChI is InChI=1S/C26H30N4O4.C15H11ClN2/c1-16-10-6-7-11-18(16)22-28-20-13-9-8-12-19(20)23(29-22)27-17-14-21(24(31)33-5)30(15-17)25(32)34-26(2,3)4;1-10-6-2-3-7-11(10)15-17-13-9-5-4-8-12(13)14(16)18-15/h6-13,17,21H,14-15H2,1-5H3,(H,27,28,29);2-9H,1H3/t17-,21+;/m0./s1. The second-order valence-electron chi connectivity index (χ2n) is 13.6. The predicted octanol–water partition coefficient (Wildman–Crippen LogP) is 8.83. The van der Waals surface area contributed by atoms with E-state index in [1.54, 1.807) is 20.8 Å². The molecule has 0 aliphatic carbocycles. The summed E-state index contributed by atoms with van der Waals surface area (Å²) >= 11 is 6.21. The van der Waals surface area contributed by atoms with E-state index in [-0.39, 0.29) is 12.6 Å². The van der Waals surface area contributed by atoms with Gasteiger partial charge in [0.1, 0.15) is 22.6 Å². The first-order valence-electron chi connectivity index (χ1n) is 17.1. The van der Waals surface area contributed by atoms with Gasteiger partial charge >= 0.3 is 12.1 Å². The molecule has 2 aromatic heterocycles. The van der Waals surface area contributed by atoms with Crippen molar-refractivity contribution in [3.63, 3.8) is 0 Å². The van der Waals surface area contributed by atoms with Crippen LogP contribution in [0.3, 0.4) is 0 Å². The average molecular weight is 717 g/mol. The number of anilines is 1. The molecule has 1 aliphatic heterocycles. The predicted molar refractivity (Wildman–Crippen MR) is 205 cm³/mol. The van der Waals surface area contributed by atoms with E-state index in [0.717, 1.165) is 44.1 Å². The number of carbonyl (C=O) groups excluding carboxylic acids is 2. The van der Waals surface area contributed by atoms with Crippen molar-refractivity contribution in [2.45, 2.75) is 58.7 Å². The number of nitrogens with zero attached hydrogens (tertiary/aromatic N) is 5. The third-order valence-corrected chi connectivity index (χ3v) is 8.96. The van der Waals surface area contributed by atoms with Gasteiger partial charge in [0, 0.05) is 40.9 Å². The zero-order valence-electron chi connectivity index (χ0n) is 30.1. The molecule has 1 aliphatic rings. The van der Waals surface area contributed by atoms with Crippen molar-refractivity contribution in [3.05, 3.63) is 113 Å². The zero-order chi connectivity index (χ0) is 37.0. The molecule has 10 nitrogen and oxygen atoms in total. The number of aryl methyl sites for hydroxylation is 2. The highest BCUT2D eigenvalue weighted by atomic mass is 35.5. The number of benzene rings is 4. The van der Waals surface area contributed by atoms with E-state index >= 15 is 0 Å². The lowest BCUT2D eigenvalue weighted by Crippen LogP contribution is -2.44. The second kappa shape index (κ2) is 15.3. The molecule has 1 fully saturated rings. The summed E-state index contributed by atoms with van der Waals surface area (Å²) in [5, 5.41) is 5.71. The number of esters is 1. The van der Waals surface area contributed by atoms with Crippen LogP contribution in [0.15, 0.2) is 97.1 Å². The van der Waals surface area contributed by atoms with E-state index in [4.69, 9.17) is 31.0 Å². The third kappa shape index (κ3) is 8.13. The third-order valence-electron chi connectivity index (χ3n) is 8.68. The van der Waals surface area contributed by atoms with Crippen molar-refractivity contribution >= 4 is 51.3 Å². The Kier molecular flexibility index (Phi) is 10.7. The Bertz CT molecular complexity index is 2260. The van der Waals surface area contributed by atoms with E-state index in [2.05, 4.69) is 15.3 Å². The molecular weight excluding hydrogens is 676 g/mol. The summed E-state index contributed by atoms with van der Waals surface area (Å²) in [5.41, 5.74) is 5.20. The van der Waals surface area contributed by atoms with E-state index in [0.29, 0.717) is 29.0 Å². The quantitative estimate of drug-likeness (QED) is 0.138. The number of nitrogens with one attached hydrogen (secondary N) is 1. The number of amides is 1. The van der Waals surface area contributed by atoms with Crippen molar-refractivity contribution in [3.8, 4) is 22.8 Å². The Morgan fingerprint density at radius 3 is 1.85 bits per heavy atom. The summed E-state index contributed by atoms with van der Waals surface area (Å²) in [5.74, 6) is 1.48. The number of hydrogen-bond acceptors (Lipinski definition) is 9. The van der Waals surface area contributed by atoms with Crippen LogP contribution in [-0.4, -0.2) is 68.2 Å². The maximum atomic E-state index is 12.8. The first kappa shape index (κ1) is 36.2. The summed E-state index contributed by atoms with van der Waals surface area (Å²) in [6, 6.07) is 30.6. The minimum absolute atomic E-state index is 0.223. The van der Waals surface area contributed by atoms with Gasteiger partial charge in [0.25, 0.3) is 0 Å². The first-order chi connectivity index (χ1) is 24.9. The van der Waals surface area contributed by atoms with Crippen LogP contribution >= 0.6 is 11.6 Å². The Hall–Kier alpha value is -5.61. The topological polar surface area (TPSA) is 119 Å². The fourth-order valence-corrected chi connectivity index (χ4v) is 6.37. The van der Waals surface area contributed by atoms with Gasteiger partial charge in [-0.2, -0.15) is 0 Å². The van der Waals surface area contributed by atoms with Gasteiger partial charge in [-0.1, -0.05) is 84.4 Å². The molecule has 266 valence electrons. The lowest BCUT2D eigenvalue weighted by atomic mass is 10.1. The summed E-state index contributed by atoms with van der Waals surface area (Å²) in [6.07, 6.45) is -0.162. The minimum Gasteiger partial charge on any atom is -0.467 e. The number of hydrogen-bond donors (Lipinski definition) is 1. The number of rotatable bonds is 5. The van der Waals surface area contributed by atoms with E-state index < -0.39 is 23.7 Å². The first-order valence-corrected chi connectivity index (χ1v) is 17.4. The van der Waals surface area contributed by atoms with Gasteiger partial charge in [-0.25, -0.2) is 29.5 Å². The highest BCUT2D eigenvalue weighted by Gasteiger charge is 2.42. The van der Waals surface area contributed by atoms with Gasteiger partial charge < -0.3 is 14.8 Å². The van der Waals surface area contributed by atoms with Crippen LogP contribution in [0, 0.1) is 13.8 Å². The largest absolute Gasteiger partial charge is 0.467 e. The molecule has 0 radical (unpaired) electrons. The fourth-order valence-electron chi connectivity index (χ4n) is 6.13. The number of para-hydroxylation sites is 2. The zero-order valence-corrected chi connectivity index (χ0v) is 30.8. The van der Waals surface area contributed by atoms with Crippen molar-refractivity contribution < 1.29 is 19.1 Å². The Balaban J connectivity index is 0.000000215. The molecule has 4 aromatic carbocycles. The SMILES string of the molecule is COC(=O)[C@H]1C[C@H](Nc2nc(-c3ccccc3C)nc3ccccc23)CN1C(=O)OC(C)(C)C.Cc1ccccc1-c1nc(Cl)c2ccccc2n1. The van der Waals surface area contributed by atoms with Crippen LogP contribution < -0.4 is 5.32 Å². The van der Waals surface area contributed by atoms with Crippen LogP contribution in [-0.2, 0) is 14.3 Å². The van der Waals surface area contributed by atoms with Gasteiger partial charge in [-0.15, -0.1) is 0 Å². The highest BCUT2D eigenvalue weighted by Crippen LogP contribution is 2.30. The summed E-state index contributed by atoms with van der Waals surface area (Å²) in [6.45, 7) is 9.74. The molecule has 3 heterocycles. The highest BCUT2D eigenvalue weighted by molar-refractivity contribution is 6.34. The number of likely N-dealkylation sites (tertiary alicyclic amines) is 1. The molecule has 1 amide bonds. The Morgan fingerprint density at radius 1 is 0.750 bits per heavy atom. The Morgan fingerprint density at radius 2 is 1.27 bits per heavy atom. The molecule has 0 bridgehead atoms. The van der Waals surface area contributed by atoms with Crippen molar-refractivity contribution in [1.29, 1.82) is 0 Å². The molecule has 1 saturated heterocycles. The van der Waals surface area contributed by atoms with Crippen LogP contribution in [0.1, 0.15) is 38.3 Å². The molecule has 7 rings (SSSR count). The van der Waals surface area contributed by atoms with Crippen molar-refractivity contribution in [2.75, 3.05) is 19.0 Å². The molecule has 6 aromatic rings. The second-order valence-corrected chi connectivity index (χ2v) is 14.0. The summed E-state index contributed by atoms with van der Waals surface area (Å²) in [7, 11) is 1.32. The van der Waals surface area contributed by atoms with Gasteiger partial charge in [-0.3, -0.25) is 4.90 Å². The van der Waals surface area contributed by atoms with E-state index in [9.17, 15) is 9.59 Å². The van der Waals surface area contributed by atoms with Gasteiger partial charge in [-0.05, 0) is 70.0 Å². The smallest absolute Gasteiger partial charge is 0.411 e. The molecule has 1 N–H and O–H groups in total. The number of ether oxygens (including phenoxy) is 2. The maximum absolute atomic E-state index is 12.8. The van der Waals surface area contributed by atoms with Gasteiger partial charge in [0.15, 0.2) is 11.6 Å². The lowest BCUT2D eigenvalue weighted by molar-refractivity contribution is -0.145. The maximum Gasteiger partial charge on any atom is 0.411 e. The molecule has 52 heavy (non-hydrogen) atoms. The number of carbonyl (C=O) groups is 2. The summed E-state index contributed by atoms with van der Waals surface area (Å²) < 4.78 is 10.5. The minimum atomic E-state index is -0.735. The average Bonchev–Trinajstić information content (AvgIpc) is 3.55. The van der Waals surface area contributed by atoms with Crippen molar-refractivity contribution in [1.82, 2.24) is 24.8 Å². The van der Waals surface area contributed by atoms with Crippen LogP contribution in [0.5, 0.6) is 0 Å². The monoisotopic (exact) mass is 716 g/mol.